The summed E-state index contributed by atoms with van der Waals surface area (Å²) in [7, 11) is -1.29. The molecule has 0 aliphatic carbocycles. The van der Waals surface area contributed by atoms with Gasteiger partial charge in [-0.05, 0) is 39.3 Å². The van der Waals surface area contributed by atoms with Crippen molar-refractivity contribution in [2.45, 2.75) is 31.9 Å². The number of hydrogen-bond donors (Lipinski definition) is 1. The first-order valence-electron chi connectivity index (χ1n) is 9.28. The molecule has 0 unspecified atom stereocenters. The van der Waals surface area contributed by atoms with Crippen molar-refractivity contribution in [1.82, 2.24) is 10.2 Å². The maximum Gasteiger partial charge on any atom is 0.193 e. The molecule has 0 aromatic heterocycles. The molecule has 0 radical (unpaired) electrons. The van der Waals surface area contributed by atoms with Crippen molar-refractivity contribution in [2.24, 2.45) is 4.99 Å². The molecule has 6 nitrogen and oxygen atoms in total. The SMILES string of the molecule is CCN(CCCNC(=NC)N1CCS(=O)(=O)C(C)(C)C1)c1ccccc1. The van der Waals surface area contributed by atoms with Gasteiger partial charge in [0.15, 0.2) is 15.8 Å². The van der Waals surface area contributed by atoms with E-state index in [0.717, 1.165) is 32.0 Å². The van der Waals surface area contributed by atoms with Gasteiger partial charge in [0.2, 0.25) is 0 Å². The highest BCUT2D eigenvalue weighted by molar-refractivity contribution is 7.92. The predicted octanol–water partition coefficient (Wildman–Crippen LogP) is 1.99. The molecule has 1 aromatic carbocycles. The normalized spacial score (nSPS) is 19.2. The van der Waals surface area contributed by atoms with Crippen molar-refractivity contribution in [1.29, 1.82) is 0 Å². The molecule has 7 heteroatoms. The Balaban J connectivity index is 1.84. The van der Waals surface area contributed by atoms with Crippen molar-refractivity contribution in [2.75, 3.05) is 50.4 Å². The number of anilines is 1. The Hall–Kier alpha value is -1.76. The van der Waals surface area contributed by atoms with Crippen LogP contribution in [-0.2, 0) is 9.84 Å². The van der Waals surface area contributed by atoms with Crippen LogP contribution >= 0.6 is 0 Å². The maximum atomic E-state index is 12.2. The average Bonchev–Trinajstić information content (AvgIpc) is 2.62. The summed E-state index contributed by atoms with van der Waals surface area (Å²) in [6, 6.07) is 10.4. The second kappa shape index (κ2) is 8.75. The van der Waals surface area contributed by atoms with E-state index in [2.05, 4.69) is 51.3 Å². The third-order valence-electron chi connectivity index (χ3n) is 4.95. The van der Waals surface area contributed by atoms with Gasteiger partial charge in [-0.1, -0.05) is 18.2 Å². The van der Waals surface area contributed by atoms with E-state index in [1.165, 1.54) is 5.69 Å². The van der Waals surface area contributed by atoms with Crippen LogP contribution in [0.3, 0.4) is 0 Å². The molecule has 0 saturated carbocycles. The fourth-order valence-corrected chi connectivity index (χ4v) is 4.60. The molecule has 1 heterocycles. The molecule has 146 valence electrons. The molecule has 1 saturated heterocycles. The molecule has 1 aliphatic rings. The van der Waals surface area contributed by atoms with Crippen LogP contribution in [0, 0.1) is 0 Å². The van der Waals surface area contributed by atoms with E-state index in [1.807, 2.05) is 6.07 Å². The number of nitrogens with one attached hydrogen (secondary N) is 1. The Morgan fingerprint density at radius 1 is 1.31 bits per heavy atom. The number of benzene rings is 1. The summed E-state index contributed by atoms with van der Waals surface area (Å²) < 4.78 is 23.6. The van der Waals surface area contributed by atoms with Gasteiger partial charge in [-0.2, -0.15) is 0 Å². The Labute approximate surface area is 158 Å². The lowest BCUT2D eigenvalue weighted by Crippen LogP contribution is -2.57. The lowest BCUT2D eigenvalue weighted by Gasteiger charge is -2.39. The molecule has 26 heavy (non-hydrogen) atoms. The number of aliphatic imine (C=N–C) groups is 1. The Bertz CT molecular complexity index is 702. The molecule has 0 spiro atoms. The van der Waals surface area contributed by atoms with Crippen molar-refractivity contribution in [3.63, 3.8) is 0 Å². The highest BCUT2D eigenvalue weighted by Gasteiger charge is 2.40. The third kappa shape index (κ3) is 4.90. The van der Waals surface area contributed by atoms with E-state index < -0.39 is 14.6 Å². The topological polar surface area (TPSA) is 65.0 Å². The number of hydrogen-bond acceptors (Lipinski definition) is 4. The number of guanidine groups is 1. The zero-order valence-electron chi connectivity index (χ0n) is 16.4. The predicted molar refractivity (Wildman–Crippen MR) is 110 cm³/mol. The Kier molecular flexibility index (Phi) is 6.92. The third-order valence-corrected chi connectivity index (χ3v) is 7.48. The minimum Gasteiger partial charge on any atom is -0.372 e. The average molecular weight is 381 g/mol. The lowest BCUT2D eigenvalue weighted by molar-refractivity contribution is 0.353. The van der Waals surface area contributed by atoms with Crippen molar-refractivity contribution < 1.29 is 8.42 Å². The number of para-hydroxylation sites is 1. The van der Waals surface area contributed by atoms with Gasteiger partial charge in [0, 0.05) is 45.5 Å². The number of sulfone groups is 1. The van der Waals surface area contributed by atoms with E-state index in [0.29, 0.717) is 13.1 Å². The Morgan fingerprint density at radius 3 is 2.58 bits per heavy atom. The van der Waals surface area contributed by atoms with Crippen LogP contribution in [0.1, 0.15) is 27.2 Å². The zero-order valence-corrected chi connectivity index (χ0v) is 17.2. The number of nitrogens with zero attached hydrogens (tertiary/aromatic N) is 3. The summed E-state index contributed by atoms with van der Waals surface area (Å²) >= 11 is 0. The fourth-order valence-electron chi connectivity index (χ4n) is 3.24. The molecule has 1 aromatic rings. The zero-order chi connectivity index (χ0) is 19.2. The minimum atomic E-state index is -3.04. The molecule has 0 bridgehead atoms. The van der Waals surface area contributed by atoms with Crippen LogP contribution in [0.15, 0.2) is 35.3 Å². The van der Waals surface area contributed by atoms with Crippen molar-refractivity contribution in [3.05, 3.63) is 30.3 Å². The quantitative estimate of drug-likeness (QED) is 0.464. The van der Waals surface area contributed by atoms with Gasteiger partial charge < -0.3 is 15.1 Å². The standard InChI is InChI=1S/C19H32N4O2S/c1-5-22(17-10-7-6-8-11-17)13-9-12-21-18(20-4)23-14-15-26(24,25)19(2,3)16-23/h6-8,10-11H,5,9,12-16H2,1-4H3,(H,20,21). The molecule has 1 aliphatic heterocycles. The molecule has 2 rings (SSSR count). The van der Waals surface area contributed by atoms with E-state index in [1.54, 1.807) is 20.9 Å². The molecule has 1 N–H and O–H groups in total. The monoisotopic (exact) mass is 380 g/mol. The van der Waals surface area contributed by atoms with Crippen LogP contribution < -0.4 is 10.2 Å². The van der Waals surface area contributed by atoms with Crippen LogP contribution in [0.25, 0.3) is 0 Å². The molecular formula is C19H32N4O2S. The molecular weight excluding hydrogens is 348 g/mol. The summed E-state index contributed by atoms with van der Waals surface area (Å²) in [4.78, 5) is 8.74. The van der Waals surface area contributed by atoms with E-state index in [-0.39, 0.29) is 5.75 Å². The molecule has 1 fully saturated rings. The summed E-state index contributed by atoms with van der Waals surface area (Å²) in [5.41, 5.74) is 1.24. The van der Waals surface area contributed by atoms with Gasteiger partial charge >= 0.3 is 0 Å². The summed E-state index contributed by atoms with van der Waals surface area (Å²) in [5, 5.41) is 3.39. The van der Waals surface area contributed by atoms with Crippen LogP contribution in [0.4, 0.5) is 5.69 Å². The van der Waals surface area contributed by atoms with Gasteiger partial charge in [0.25, 0.3) is 0 Å². The van der Waals surface area contributed by atoms with E-state index >= 15 is 0 Å². The second-order valence-corrected chi connectivity index (χ2v) is 9.99. The van der Waals surface area contributed by atoms with Gasteiger partial charge in [0.05, 0.1) is 10.5 Å². The van der Waals surface area contributed by atoms with Crippen LogP contribution in [0.5, 0.6) is 0 Å². The fraction of sp³-hybridized carbons (Fsp3) is 0.632. The summed E-state index contributed by atoms with van der Waals surface area (Å²) in [6.07, 6.45) is 0.983. The van der Waals surface area contributed by atoms with E-state index in [9.17, 15) is 8.42 Å². The summed E-state index contributed by atoms with van der Waals surface area (Å²) in [6.45, 7) is 9.45. The maximum absolute atomic E-state index is 12.2. The van der Waals surface area contributed by atoms with Gasteiger partial charge in [-0.25, -0.2) is 8.42 Å². The smallest absolute Gasteiger partial charge is 0.193 e. The molecule has 0 atom stereocenters. The second-order valence-electron chi connectivity index (χ2n) is 7.24. The first-order chi connectivity index (χ1) is 12.3. The van der Waals surface area contributed by atoms with Crippen molar-refractivity contribution >= 4 is 21.5 Å². The minimum absolute atomic E-state index is 0.179. The first kappa shape index (κ1) is 20.6. The Morgan fingerprint density at radius 2 is 2.00 bits per heavy atom. The van der Waals surface area contributed by atoms with Crippen LogP contribution in [0.2, 0.25) is 0 Å². The van der Waals surface area contributed by atoms with Gasteiger partial charge in [0.1, 0.15) is 0 Å². The lowest BCUT2D eigenvalue weighted by atomic mass is 10.2. The largest absolute Gasteiger partial charge is 0.372 e. The van der Waals surface area contributed by atoms with Gasteiger partial charge in [-0.15, -0.1) is 0 Å². The highest BCUT2D eigenvalue weighted by atomic mass is 32.2. The van der Waals surface area contributed by atoms with E-state index in [4.69, 9.17) is 0 Å². The van der Waals surface area contributed by atoms with Crippen LogP contribution in [-0.4, -0.2) is 69.5 Å². The highest BCUT2D eigenvalue weighted by Crippen LogP contribution is 2.23. The van der Waals surface area contributed by atoms with Crippen molar-refractivity contribution in [3.8, 4) is 0 Å². The number of rotatable bonds is 6. The van der Waals surface area contributed by atoms with Gasteiger partial charge in [-0.3, -0.25) is 4.99 Å². The summed E-state index contributed by atoms with van der Waals surface area (Å²) in [5.74, 6) is 0.967. The first-order valence-corrected chi connectivity index (χ1v) is 10.9. The molecule has 0 amide bonds.